The molecule has 8 heteroatoms. The molecule has 13 heavy (non-hydrogen) atoms. The summed E-state index contributed by atoms with van der Waals surface area (Å²) in [5, 5.41) is 0. The van der Waals surface area contributed by atoms with Crippen LogP contribution >= 0.6 is 50.9 Å². The van der Waals surface area contributed by atoms with E-state index in [2.05, 4.69) is 20.7 Å². The first-order valence-corrected chi connectivity index (χ1v) is 4.32. The fraction of sp³-hybridized carbons (Fsp3) is 0.600. The molecule has 0 aromatic carbocycles. The van der Waals surface area contributed by atoms with Crippen molar-refractivity contribution in [3.05, 3.63) is 0 Å². The Kier molecular flexibility index (Phi) is 18.7. The van der Waals surface area contributed by atoms with Gasteiger partial charge in [0.1, 0.15) is 0 Å². The van der Waals surface area contributed by atoms with Crippen LogP contribution in [0.1, 0.15) is 15.3 Å². The Morgan fingerprint density at radius 2 is 1.85 bits per heavy atom. The summed E-state index contributed by atoms with van der Waals surface area (Å²) in [6, 6.07) is 0. The Bertz CT molecular complexity index is 181. The topological polar surface area (TPSA) is 78.4 Å². The maximum absolute atomic E-state index is 10.8. The van der Waals surface area contributed by atoms with Gasteiger partial charge >= 0.3 is 41.5 Å². The van der Waals surface area contributed by atoms with E-state index in [1.165, 1.54) is 6.92 Å². The molecule has 0 aliphatic heterocycles. The first-order valence-electron chi connectivity index (χ1n) is 2.44. The minimum absolute atomic E-state index is 0. The fourth-order valence-corrected chi connectivity index (χ4v) is 0.411. The predicted octanol–water partition coefficient (Wildman–Crippen LogP) is -0.677. The molecule has 0 heterocycles. The van der Waals surface area contributed by atoms with Gasteiger partial charge < -0.3 is 12.3 Å². The smallest absolute Gasteiger partial charge is 1.00 e. The van der Waals surface area contributed by atoms with Gasteiger partial charge in [0.05, 0.1) is 0 Å². The van der Waals surface area contributed by atoms with Crippen LogP contribution in [0.4, 0.5) is 0 Å². The maximum Gasteiger partial charge on any atom is 1.00 e. The normalized spacial score (nSPS) is 12.0. The van der Waals surface area contributed by atoms with Crippen molar-refractivity contribution in [2.75, 3.05) is 0 Å². The molecule has 0 aliphatic carbocycles. The van der Waals surface area contributed by atoms with Gasteiger partial charge in [0.15, 0.2) is 2.33 Å². The van der Waals surface area contributed by atoms with Gasteiger partial charge in [-0.3, -0.25) is 4.79 Å². The molecule has 0 saturated carbocycles. The summed E-state index contributed by atoms with van der Waals surface area (Å²) in [6.45, 7) is 2.78. The number of ether oxygens (including phenoxy) is 1. The number of halogens is 3. The average molecular weight is 398 g/mol. The van der Waals surface area contributed by atoms with Crippen LogP contribution in [0.5, 0.6) is 0 Å². The summed E-state index contributed by atoms with van der Waals surface area (Å²) in [6.07, 6.45) is 0. The Labute approximate surface area is 129 Å². The van der Waals surface area contributed by atoms with E-state index >= 15 is 0 Å². The zero-order valence-corrected chi connectivity index (χ0v) is 14.2. The SMILES string of the molecule is CC(=O)OC(=O)C(C)(Br)I.Cl.N.[H-].[Na+]. The minimum Gasteiger partial charge on any atom is -1.00 e. The van der Waals surface area contributed by atoms with E-state index in [0.29, 0.717) is 0 Å². The summed E-state index contributed by atoms with van der Waals surface area (Å²) < 4.78 is 3.47. The molecule has 1 atom stereocenters. The first kappa shape index (κ1) is 24.0. The van der Waals surface area contributed by atoms with Crippen molar-refractivity contribution in [3.63, 3.8) is 0 Å². The second kappa shape index (κ2) is 10.1. The van der Waals surface area contributed by atoms with Crippen molar-refractivity contribution in [2.24, 2.45) is 0 Å². The minimum atomic E-state index is -0.809. The van der Waals surface area contributed by atoms with Crippen molar-refractivity contribution in [2.45, 2.75) is 16.2 Å². The summed E-state index contributed by atoms with van der Waals surface area (Å²) >= 11 is 4.86. The molecule has 0 saturated heterocycles. The molecular weight excluding hydrogens is 387 g/mol. The molecule has 0 aromatic rings. The number of alkyl halides is 2. The van der Waals surface area contributed by atoms with Crippen LogP contribution in [0.2, 0.25) is 0 Å². The molecule has 3 N–H and O–H groups in total. The average Bonchev–Trinajstić information content (AvgIpc) is 1.60. The largest absolute Gasteiger partial charge is 1.00 e. The van der Waals surface area contributed by atoms with Crippen molar-refractivity contribution in [3.8, 4) is 0 Å². The summed E-state index contributed by atoms with van der Waals surface area (Å²) in [5.74, 6) is -1.17. The fourth-order valence-electron chi connectivity index (χ4n) is 0.220. The van der Waals surface area contributed by atoms with E-state index in [9.17, 15) is 9.59 Å². The quantitative estimate of drug-likeness (QED) is 0.209. The van der Waals surface area contributed by atoms with E-state index in [1.54, 1.807) is 6.92 Å². The van der Waals surface area contributed by atoms with Gasteiger partial charge in [0.2, 0.25) is 0 Å². The Morgan fingerprint density at radius 1 is 1.54 bits per heavy atom. The maximum atomic E-state index is 10.8. The molecular formula is C5H11BrClINNaO3. The van der Waals surface area contributed by atoms with Crippen LogP contribution in [-0.2, 0) is 14.3 Å². The van der Waals surface area contributed by atoms with Crippen molar-refractivity contribution in [1.82, 2.24) is 6.15 Å². The van der Waals surface area contributed by atoms with Crippen molar-refractivity contribution < 1.29 is 45.3 Å². The van der Waals surface area contributed by atoms with Crippen LogP contribution in [0.15, 0.2) is 0 Å². The number of esters is 2. The van der Waals surface area contributed by atoms with E-state index in [-0.39, 0.29) is 49.5 Å². The van der Waals surface area contributed by atoms with E-state index in [0.717, 1.165) is 0 Å². The molecule has 1 unspecified atom stereocenters. The third-order valence-electron chi connectivity index (χ3n) is 0.595. The predicted molar refractivity (Wildman–Crippen MR) is 61.5 cm³/mol. The van der Waals surface area contributed by atoms with E-state index in [4.69, 9.17) is 0 Å². The molecule has 0 amide bonds. The molecule has 4 nitrogen and oxygen atoms in total. The number of carbonyl (C=O) groups is 2. The molecule has 0 fully saturated rings. The molecule has 76 valence electrons. The van der Waals surface area contributed by atoms with E-state index < -0.39 is 14.3 Å². The third kappa shape index (κ3) is 13.6. The molecule has 0 radical (unpaired) electrons. The van der Waals surface area contributed by atoms with Crippen LogP contribution in [0, 0.1) is 0 Å². The van der Waals surface area contributed by atoms with Gasteiger partial charge in [0.25, 0.3) is 0 Å². The Balaban J connectivity index is -0.0000000675. The number of hydrogen-bond acceptors (Lipinski definition) is 4. The van der Waals surface area contributed by atoms with Crippen LogP contribution in [-0.4, -0.2) is 14.3 Å². The van der Waals surface area contributed by atoms with Gasteiger partial charge in [-0.1, -0.05) is 38.5 Å². The summed E-state index contributed by atoms with van der Waals surface area (Å²) in [4.78, 5) is 21.0. The zero-order chi connectivity index (χ0) is 8.36. The van der Waals surface area contributed by atoms with Crippen molar-refractivity contribution >= 4 is 62.9 Å². The molecule has 0 aromatic heterocycles. The summed E-state index contributed by atoms with van der Waals surface area (Å²) in [7, 11) is 0. The van der Waals surface area contributed by atoms with Gasteiger partial charge in [-0.25, -0.2) is 4.79 Å². The summed E-state index contributed by atoms with van der Waals surface area (Å²) in [5.41, 5.74) is 0. The number of carbonyl (C=O) groups excluding carboxylic acids is 2. The van der Waals surface area contributed by atoms with Crippen LogP contribution < -0.4 is 35.7 Å². The Morgan fingerprint density at radius 3 is 1.92 bits per heavy atom. The first-order chi connectivity index (χ1) is 4.34. The number of hydrogen-bond donors (Lipinski definition) is 1. The second-order valence-corrected chi connectivity index (χ2v) is 7.00. The van der Waals surface area contributed by atoms with Gasteiger partial charge in [-0.15, -0.1) is 12.4 Å². The monoisotopic (exact) mass is 397 g/mol. The molecule has 0 bridgehead atoms. The molecule has 0 rings (SSSR count). The zero-order valence-electron chi connectivity index (χ0n) is 8.60. The van der Waals surface area contributed by atoms with Gasteiger partial charge in [-0.05, 0) is 6.92 Å². The van der Waals surface area contributed by atoms with E-state index in [1.807, 2.05) is 22.6 Å². The van der Waals surface area contributed by atoms with Gasteiger partial charge in [-0.2, -0.15) is 0 Å². The van der Waals surface area contributed by atoms with Crippen molar-refractivity contribution in [1.29, 1.82) is 0 Å². The molecule has 0 aliphatic rings. The van der Waals surface area contributed by atoms with Crippen LogP contribution in [0.25, 0.3) is 0 Å². The van der Waals surface area contributed by atoms with Gasteiger partial charge in [0, 0.05) is 6.92 Å². The second-order valence-electron chi connectivity index (χ2n) is 1.77. The Hall–Kier alpha value is 1.60. The number of rotatable bonds is 1. The third-order valence-corrected chi connectivity index (χ3v) is 1.36. The molecule has 0 spiro atoms. The van der Waals surface area contributed by atoms with Crippen LogP contribution in [0.3, 0.4) is 0 Å². The standard InChI is InChI=1S/C5H6BrIO3.ClH.H3N.Na.H/c1-3(8)10-4(9)5(2,6)7;;;;/h1-2H3;1H;1H3;;/q;;;+1;-1.